The van der Waals surface area contributed by atoms with Crippen LogP contribution in [0.4, 0.5) is 16.2 Å². The van der Waals surface area contributed by atoms with Crippen LogP contribution in [-0.2, 0) is 0 Å². The predicted octanol–water partition coefficient (Wildman–Crippen LogP) is 2.99. The summed E-state index contributed by atoms with van der Waals surface area (Å²) in [7, 11) is 0. The van der Waals surface area contributed by atoms with Crippen LogP contribution in [0.3, 0.4) is 0 Å². The Morgan fingerprint density at radius 3 is 2.67 bits per heavy atom. The maximum absolute atomic E-state index is 12.0. The first-order valence-corrected chi connectivity index (χ1v) is 6.58. The van der Waals surface area contributed by atoms with Gasteiger partial charge in [-0.25, -0.2) is 4.79 Å². The molecular formula is C15H15N5O. The molecule has 2 heterocycles. The molecule has 3 aromatic rings. The number of aromatic nitrogens is 3. The van der Waals surface area contributed by atoms with Gasteiger partial charge in [0.15, 0.2) is 5.65 Å². The zero-order valence-electron chi connectivity index (χ0n) is 11.8. The second kappa shape index (κ2) is 5.24. The molecule has 6 heteroatoms. The molecule has 0 unspecified atom stereocenters. The molecule has 2 amide bonds. The van der Waals surface area contributed by atoms with Crippen LogP contribution in [0.2, 0.25) is 0 Å². The number of aryl methyl sites for hydroxylation is 2. The standard InChI is InChI=1S/C15H15N5O/c1-10-4-3-5-12(8-10)16-15(21)17-13-6-7-14-19-18-11(2)20(14)9-13/h3-9H,1-2H3,(H2,16,17,21). The SMILES string of the molecule is Cc1cccc(NC(=O)Nc2ccc3nnc(C)n3c2)c1. The van der Waals surface area contributed by atoms with Gasteiger partial charge in [0, 0.05) is 11.9 Å². The Bertz CT molecular complexity index is 809. The molecule has 0 aliphatic rings. The van der Waals surface area contributed by atoms with E-state index in [1.54, 1.807) is 12.3 Å². The number of nitrogens with zero attached hydrogens (tertiary/aromatic N) is 3. The molecule has 0 saturated heterocycles. The summed E-state index contributed by atoms with van der Waals surface area (Å²) in [6, 6.07) is 10.9. The number of hydrogen-bond donors (Lipinski definition) is 2. The van der Waals surface area contributed by atoms with Crippen molar-refractivity contribution in [2.75, 3.05) is 10.6 Å². The highest BCUT2D eigenvalue weighted by atomic mass is 16.2. The summed E-state index contributed by atoms with van der Waals surface area (Å²) in [5, 5.41) is 13.6. The van der Waals surface area contributed by atoms with E-state index < -0.39 is 0 Å². The molecule has 6 nitrogen and oxygen atoms in total. The average Bonchev–Trinajstić information content (AvgIpc) is 2.80. The van der Waals surface area contributed by atoms with Gasteiger partial charge in [-0.3, -0.25) is 4.40 Å². The van der Waals surface area contributed by atoms with Gasteiger partial charge in [-0.1, -0.05) is 12.1 Å². The zero-order chi connectivity index (χ0) is 14.8. The predicted molar refractivity (Wildman–Crippen MR) is 81.5 cm³/mol. The Kier molecular flexibility index (Phi) is 3.27. The van der Waals surface area contributed by atoms with Gasteiger partial charge >= 0.3 is 6.03 Å². The Morgan fingerprint density at radius 2 is 1.86 bits per heavy atom. The maximum atomic E-state index is 12.0. The quantitative estimate of drug-likeness (QED) is 0.758. The molecule has 21 heavy (non-hydrogen) atoms. The normalized spacial score (nSPS) is 10.6. The largest absolute Gasteiger partial charge is 0.323 e. The van der Waals surface area contributed by atoms with E-state index in [1.165, 1.54) is 0 Å². The van der Waals surface area contributed by atoms with E-state index in [4.69, 9.17) is 0 Å². The topological polar surface area (TPSA) is 71.3 Å². The lowest BCUT2D eigenvalue weighted by Crippen LogP contribution is -2.19. The molecule has 0 aliphatic carbocycles. The Hall–Kier alpha value is -2.89. The first-order chi connectivity index (χ1) is 10.1. The third-order valence-corrected chi connectivity index (χ3v) is 3.11. The van der Waals surface area contributed by atoms with E-state index in [-0.39, 0.29) is 6.03 Å². The van der Waals surface area contributed by atoms with Gasteiger partial charge in [0.1, 0.15) is 5.82 Å². The fourth-order valence-corrected chi connectivity index (χ4v) is 2.10. The number of urea groups is 1. The molecule has 0 spiro atoms. The van der Waals surface area contributed by atoms with Crippen molar-refractivity contribution in [1.82, 2.24) is 14.6 Å². The summed E-state index contributed by atoms with van der Waals surface area (Å²) in [6.45, 7) is 3.84. The highest BCUT2D eigenvalue weighted by molar-refractivity contribution is 5.99. The van der Waals surface area contributed by atoms with Crippen LogP contribution < -0.4 is 10.6 Å². The van der Waals surface area contributed by atoms with Crippen LogP contribution in [0.25, 0.3) is 5.65 Å². The number of nitrogens with one attached hydrogen (secondary N) is 2. The van der Waals surface area contributed by atoms with Crippen molar-refractivity contribution in [3.8, 4) is 0 Å². The van der Waals surface area contributed by atoms with E-state index in [0.29, 0.717) is 5.69 Å². The minimum absolute atomic E-state index is 0.286. The van der Waals surface area contributed by atoms with Gasteiger partial charge < -0.3 is 10.6 Å². The number of amides is 2. The van der Waals surface area contributed by atoms with E-state index in [0.717, 1.165) is 22.7 Å². The van der Waals surface area contributed by atoms with Crippen LogP contribution >= 0.6 is 0 Å². The van der Waals surface area contributed by atoms with Crippen molar-refractivity contribution in [3.63, 3.8) is 0 Å². The van der Waals surface area contributed by atoms with E-state index in [9.17, 15) is 4.79 Å². The number of benzene rings is 1. The molecule has 3 rings (SSSR count). The van der Waals surface area contributed by atoms with Crippen LogP contribution in [0.5, 0.6) is 0 Å². The maximum Gasteiger partial charge on any atom is 0.323 e. The number of carbonyl (C=O) groups is 1. The minimum atomic E-state index is -0.286. The Morgan fingerprint density at radius 1 is 1.05 bits per heavy atom. The van der Waals surface area contributed by atoms with Crippen molar-refractivity contribution >= 4 is 23.1 Å². The molecule has 1 aromatic carbocycles. The number of pyridine rings is 1. The lowest BCUT2D eigenvalue weighted by molar-refractivity contribution is 0.262. The summed E-state index contributed by atoms with van der Waals surface area (Å²) in [5.74, 6) is 0.771. The molecule has 0 atom stereocenters. The fraction of sp³-hybridized carbons (Fsp3) is 0.133. The van der Waals surface area contributed by atoms with Gasteiger partial charge in [-0.2, -0.15) is 0 Å². The van der Waals surface area contributed by atoms with Crippen molar-refractivity contribution in [1.29, 1.82) is 0 Å². The summed E-state index contributed by atoms with van der Waals surface area (Å²) < 4.78 is 1.82. The van der Waals surface area contributed by atoms with Crippen LogP contribution in [0, 0.1) is 13.8 Å². The van der Waals surface area contributed by atoms with Gasteiger partial charge in [0.2, 0.25) is 0 Å². The molecule has 0 radical (unpaired) electrons. The molecule has 0 fully saturated rings. The van der Waals surface area contributed by atoms with Crippen molar-refractivity contribution in [3.05, 3.63) is 54.0 Å². The van der Waals surface area contributed by atoms with Gasteiger partial charge in [-0.15, -0.1) is 10.2 Å². The minimum Gasteiger partial charge on any atom is -0.308 e. The molecule has 0 aliphatic heterocycles. The molecule has 0 bridgehead atoms. The summed E-state index contributed by atoms with van der Waals surface area (Å²) in [4.78, 5) is 12.0. The Labute approximate surface area is 121 Å². The third kappa shape index (κ3) is 2.84. The first-order valence-electron chi connectivity index (χ1n) is 6.58. The molecule has 106 valence electrons. The second-order valence-corrected chi connectivity index (χ2v) is 4.84. The van der Waals surface area contributed by atoms with E-state index >= 15 is 0 Å². The highest BCUT2D eigenvalue weighted by Crippen LogP contribution is 2.13. The molecule has 2 N–H and O–H groups in total. The fourth-order valence-electron chi connectivity index (χ4n) is 2.10. The summed E-state index contributed by atoms with van der Waals surface area (Å²) >= 11 is 0. The lowest BCUT2D eigenvalue weighted by atomic mass is 10.2. The third-order valence-electron chi connectivity index (χ3n) is 3.11. The van der Waals surface area contributed by atoms with Crippen LogP contribution in [0.15, 0.2) is 42.6 Å². The van der Waals surface area contributed by atoms with Gasteiger partial charge in [0.05, 0.1) is 5.69 Å². The zero-order valence-corrected chi connectivity index (χ0v) is 11.8. The molecule has 2 aromatic heterocycles. The summed E-state index contributed by atoms with van der Waals surface area (Å²) in [6.07, 6.45) is 1.79. The Balaban J connectivity index is 1.75. The van der Waals surface area contributed by atoms with E-state index in [1.807, 2.05) is 48.6 Å². The number of hydrogen-bond acceptors (Lipinski definition) is 3. The first kappa shape index (κ1) is 13.1. The second-order valence-electron chi connectivity index (χ2n) is 4.84. The van der Waals surface area contributed by atoms with Crippen LogP contribution in [-0.4, -0.2) is 20.6 Å². The summed E-state index contributed by atoms with van der Waals surface area (Å²) in [5.41, 5.74) is 3.27. The number of fused-ring (bicyclic) bond motifs is 1. The van der Waals surface area contributed by atoms with Crippen molar-refractivity contribution in [2.45, 2.75) is 13.8 Å². The lowest BCUT2D eigenvalue weighted by Gasteiger charge is -2.08. The number of carbonyl (C=O) groups excluding carboxylic acids is 1. The van der Waals surface area contributed by atoms with Gasteiger partial charge in [0.25, 0.3) is 0 Å². The van der Waals surface area contributed by atoms with E-state index in [2.05, 4.69) is 20.8 Å². The molecule has 0 saturated carbocycles. The average molecular weight is 281 g/mol. The van der Waals surface area contributed by atoms with Crippen molar-refractivity contribution < 1.29 is 4.79 Å². The molecular weight excluding hydrogens is 266 g/mol. The van der Waals surface area contributed by atoms with Gasteiger partial charge in [-0.05, 0) is 43.7 Å². The number of anilines is 2. The number of rotatable bonds is 2. The van der Waals surface area contributed by atoms with Crippen LogP contribution in [0.1, 0.15) is 11.4 Å². The smallest absolute Gasteiger partial charge is 0.308 e. The highest BCUT2D eigenvalue weighted by Gasteiger charge is 2.05. The van der Waals surface area contributed by atoms with Crippen molar-refractivity contribution in [2.24, 2.45) is 0 Å². The monoisotopic (exact) mass is 281 g/mol.